The van der Waals surface area contributed by atoms with Gasteiger partial charge in [-0.2, -0.15) is 0 Å². The van der Waals surface area contributed by atoms with E-state index in [2.05, 4.69) is 6.07 Å². The quantitative estimate of drug-likeness (QED) is 0.648. The molecule has 1 amide bonds. The number of methoxy groups -OCH3 is 1. The lowest BCUT2D eigenvalue weighted by Gasteiger charge is -2.29. The second-order valence-electron chi connectivity index (χ2n) is 7.00. The minimum Gasteiger partial charge on any atom is -0.497 e. The number of carbonyl (C=O) groups is 2. The van der Waals surface area contributed by atoms with Crippen molar-refractivity contribution in [3.63, 3.8) is 0 Å². The summed E-state index contributed by atoms with van der Waals surface area (Å²) < 4.78 is 10.8. The molecule has 0 radical (unpaired) electrons. The molecule has 3 rings (SSSR count). The molecule has 0 aromatic heterocycles. The fourth-order valence-corrected chi connectivity index (χ4v) is 3.35. The third-order valence-electron chi connectivity index (χ3n) is 4.99. The minimum atomic E-state index is -0.0190. The van der Waals surface area contributed by atoms with Gasteiger partial charge >= 0.3 is 0 Å². The van der Waals surface area contributed by atoms with Crippen LogP contribution in [0.2, 0.25) is 0 Å². The van der Waals surface area contributed by atoms with Gasteiger partial charge in [0.15, 0.2) is 5.78 Å². The summed E-state index contributed by atoms with van der Waals surface area (Å²) in [5.41, 5.74) is 2.99. The molecule has 28 heavy (non-hydrogen) atoms. The van der Waals surface area contributed by atoms with Gasteiger partial charge in [0.25, 0.3) is 0 Å². The fourth-order valence-electron chi connectivity index (χ4n) is 3.35. The number of ether oxygens (including phenoxy) is 2. The van der Waals surface area contributed by atoms with Crippen molar-refractivity contribution < 1.29 is 19.1 Å². The van der Waals surface area contributed by atoms with Crippen LogP contribution in [0.4, 0.5) is 0 Å². The summed E-state index contributed by atoms with van der Waals surface area (Å²) in [6, 6.07) is 13.1. The Balaban J connectivity index is 1.53. The second kappa shape index (κ2) is 9.40. The van der Waals surface area contributed by atoms with Crippen molar-refractivity contribution in [3.8, 4) is 11.5 Å². The molecule has 0 spiro atoms. The zero-order chi connectivity index (χ0) is 19.9. The molecule has 1 heterocycles. The SMILES string of the molecule is CCCOc1ccc(C(=O)CCC(=O)N2CCc3ccc(OC)cc3C2)cc1. The number of amides is 1. The summed E-state index contributed by atoms with van der Waals surface area (Å²) in [6.45, 7) is 3.97. The molecule has 0 N–H and O–H groups in total. The highest BCUT2D eigenvalue weighted by Crippen LogP contribution is 2.24. The van der Waals surface area contributed by atoms with Gasteiger partial charge in [-0.25, -0.2) is 0 Å². The highest BCUT2D eigenvalue weighted by molar-refractivity contribution is 5.98. The van der Waals surface area contributed by atoms with Gasteiger partial charge in [-0.1, -0.05) is 13.0 Å². The Bertz CT molecular complexity index is 829. The summed E-state index contributed by atoms with van der Waals surface area (Å²) in [5, 5.41) is 0. The van der Waals surface area contributed by atoms with Crippen molar-refractivity contribution >= 4 is 11.7 Å². The van der Waals surface area contributed by atoms with Gasteiger partial charge in [-0.3, -0.25) is 9.59 Å². The van der Waals surface area contributed by atoms with Crippen molar-refractivity contribution in [2.75, 3.05) is 20.3 Å². The second-order valence-corrected chi connectivity index (χ2v) is 7.00. The molecule has 0 fully saturated rings. The number of rotatable bonds is 8. The summed E-state index contributed by atoms with van der Waals surface area (Å²) in [5.74, 6) is 1.56. The monoisotopic (exact) mass is 381 g/mol. The van der Waals surface area contributed by atoms with E-state index in [1.807, 2.05) is 24.0 Å². The van der Waals surface area contributed by atoms with Crippen LogP contribution in [0.15, 0.2) is 42.5 Å². The number of benzene rings is 2. The first-order valence-corrected chi connectivity index (χ1v) is 9.80. The molecular formula is C23H27NO4. The number of hydrogen-bond donors (Lipinski definition) is 0. The van der Waals surface area contributed by atoms with Crippen LogP contribution in [-0.2, 0) is 17.8 Å². The van der Waals surface area contributed by atoms with Crippen LogP contribution in [0.5, 0.6) is 11.5 Å². The number of hydrogen-bond acceptors (Lipinski definition) is 4. The lowest BCUT2D eigenvalue weighted by molar-refractivity contribution is -0.132. The van der Waals surface area contributed by atoms with Gasteiger partial charge in [0.1, 0.15) is 11.5 Å². The first-order chi connectivity index (χ1) is 13.6. The van der Waals surface area contributed by atoms with Crippen molar-refractivity contribution in [2.45, 2.75) is 39.2 Å². The smallest absolute Gasteiger partial charge is 0.223 e. The van der Waals surface area contributed by atoms with Gasteiger partial charge in [0.2, 0.25) is 5.91 Å². The molecule has 0 atom stereocenters. The van der Waals surface area contributed by atoms with E-state index in [0.717, 1.165) is 29.9 Å². The molecular weight excluding hydrogens is 354 g/mol. The van der Waals surface area contributed by atoms with Crippen molar-refractivity contribution in [3.05, 3.63) is 59.2 Å². The topological polar surface area (TPSA) is 55.8 Å². The van der Waals surface area contributed by atoms with E-state index in [-0.39, 0.29) is 24.5 Å². The third-order valence-corrected chi connectivity index (χ3v) is 4.99. The Labute approximate surface area is 166 Å². The molecule has 2 aromatic carbocycles. The van der Waals surface area contributed by atoms with Crippen LogP contribution in [-0.4, -0.2) is 36.9 Å². The maximum absolute atomic E-state index is 12.6. The average molecular weight is 381 g/mol. The van der Waals surface area contributed by atoms with Gasteiger partial charge in [0.05, 0.1) is 13.7 Å². The molecule has 148 valence electrons. The number of carbonyl (C=O) groups excluding carboxylic acids is 2. The molecule has 1 aliphatic rings. The molecule has 2 aromatic rings. The van der Waals surface area contributed by atoms with E-state index >= 15 is 0 Å². The first-order valence-electron chi connectivity index (χ1n) is 9.80. The maximum Gasteiger partial charge on any atom is 0.223 e. The molecule has 5 heteroatoms. The Morgan fingerprint density at radius 3 is 2.46 bits per heavy atom. The lowest BCUT2D eigenvalue weighted by atomic mass is 9.98. The predicted molar refractivity (Wildman–Crippen MR) is 108 cm³/mol. The highest BCUT2D eigenvalue weighted by Gasteiger charge is 2.21. The zero-order valence-electron chi connectivity index (χ0n) is 16.6. The van der Waals surface area contributed by atoms with Crippen LogP contribution in [0.1, 0.15) is 47.7 Å². The largest absolute Gasteiger partial charge is 0.497 e. The fraction of sp³-hybridized carbons (Fsp3) is 0.391. The average Bonchev–Trinajstić information content (AvgIpc) is 2.75. The zero-order valence-corrected chi connectivity index (χ0v) is 16.6. The standard InChI is InChI=1S/C23H27NO4/c1-3-14-28-20-7-5-18(6-8-20)22(25)10-11-23(26)24-13-12-17-4-9-21(27-2)15-19(17)16-24/h4-9,15H,3,10-14,16H2,1-2H3. The first kappa shape index (κ1) is 19.9. The van der Waals surface area contributed by atoms with Crippen molar-refractivity contribution in [2.24, 2.45) is 0 Å². The molecule has 0 saturated heterocycles. The highest BCUT2D eigenvalue weighted by atomic mass is 16.5. The van der Waals surface area contributed by atoms with Gasteiger partial charge in [-0.05, 0) is 60.4 Å². The summed E-state index contributed by atoms with van der Waals surface area (Å²) >= 11 is 0. The van der Waals surface area contributed by atoms with Crippen LogP contribution in [0, 0.1) is 0 Å². The Hall–Kier alpha value is -2.82. The predicted octanol–water partition coefficient (Wildman–Crippen LogP) is 4.03. The Morgan fingerprint density at radius 1 is 1.00 bits per heavy atom. The number of ketones is 1. The molecule has 0 saturated carbocycles. The van der Waals surface area contributed by atoms with Crippen LogP contribution >= 0.6 is 0 Å². The summed E-state index contributed by atoms with van der Waals surface area (Å²) in [7, 11) is 1.64. The van der Waals surface area contributed by atoms with Gasteiger partial charge in [0, 0.05) is 31.5 Å². The van der Waals surface area contributed by atoms with Gasteiger partial charge < -0.3 is 14.4 Å². The minimum absolute atomic E-state index is 0.0183. The molecule has 1 aliphatic heterocycles. The number of nitrogens with zero attached hydrogens (tertiary/aromatic N) is 1. The Morgan fingerprint density at radius 2 is 1.75 bits per heavy atom. The van der Waals surface area contributed by atoms with Crippen molar-refractivity contribution in [1.29, 1.82) is 0 Å². The van der Waals surface area contributed by atoms with E-state index in [4.69, 9.17) is 9.47 Å². The molecule has 0 aliphatic carbocycles. The molecule has 0 bridgehead atoms. The van der Waals surface area contributed by atoms with E-state index in [1.54, 1.807) is 31.4 Å². The Kier molecular flexibility index (Phi) is 6.69. The maximum atomic E-state index is 12.6. The van der Waals surface area contributed by atoms with Gasteiger partial charge in [-0.15, -0.1) is 0 Å². The van der Waals surface area contributed by atoms with E-state index < -0.39 is 0 Å². The molecule has 0 unspecified atom stereocenters. The van der Waals surface area contributed by atoms with E-state index in [9.17, 15) is 9.59 Å². The van der Waals surface area contributed by atoms with Crippen molar-refractivity contribution in [1.82, 2.24) is 4.90 Å². The van der Waals surface area contributed by atoms with Crippen LogP contribution in [0.25, 0.3) is 0 Å². The van der Waals surface area contributed by atoms with Crippen LogP contribution in [0.3, 0.4) is 0 Å². The van der Waals surface area contributed by atoms with E-state index in [0.29, 0.717) is 25.3 Å². The normalized spacial score (nSPS) is 13.0. The lowest BCUT2D eigenvalue weighted by Crippen LogP contribution is -2.36. The van der Waals surface area contributed by atoms with E-state index in [1.165, 1.54) is 5.56 Å². The van der Waals surface area contributed by atoms with Crippen LogP contribution < -0.4 is 9.47 Å². The molecule has 5 nitrogen and oxygen atoms in total. The summed E-state index contributed by atoms with van der Waals surface area (Å²) in [6.07, 6.45) is 2.22. The summed E-state index contributed by atoms with van der Waals surface area (Å²) in [4.78, 5) is 26.8. The third kappa shape index (κ3) is 4.91. The number of fused-ring (bicyclic) bond motifs is 1. The number of Topliss-reactive ketones (excluding diaryl/α,β-unsaturated/α-hetero) is 1.